The second-order valence-electron chi connectivity index (χ2n) is 6.69. The molecule has 7 nitrogen and oxygen atoms in total. The van der Waals surface area contributed by atoms with Gasteiger partial charge in [0.1, 0.15) is 5.75 Å². The number of methoxy groups -OCH3 is 1. The Morgan fingerprint density at radius 3 is 2.65 bits per heavy atom. The molecule has 144 valence electrons. The number of rotatable bonds is 7. The molecule has 1 fully saturated rings. The van der Waals surface area contributed by atoms with E-state index in [-0.39, 0.29) is 11.8 Å². The first kappa shape index (κ1) is 20.2. The van der Waals surface area contributed by atoms with Crippen molar-refractivity contribution in [1.29, 1.82) is 0 Å². The van der Waals surface area contributed by atoms with E-state index in [0.29, 0.717) is 30.1 Å². The minimum atomic E-state index is -0.0475. The maximum atomic E-state index is 12.3. The van der Waals surface area contributed by atoms with Gasteiger partial charge >= 0.3 is 0 Å². The molecule has 1 heterocycles. The number of amides is 2. The fourth-order valence-corrected chi connectivity index (χ4v) is 2.97. The quantitative estimate of drug-likeness (QED) is 0.776. The van der Waals surface area contributed by atoms with Gasteiger partial charge in [-0.05, 0) is 45.1 Å². The maximum absolute atomic E-state index is 12.3. The summed E-state index contributed by atoms with van der Waals surface area (Å²) < 4.78 is 5.34. The Morgan fingerprint density at radius 1 is 1.12 bits per heavy atom. The van der Waals surface area contributed by atoms with Gasteiger partial charge < -0.3 is 20.3 Å². The van der Waals surface area contributed by atoms with Crippen molar-refractivity contribution in [3.8, 4) is 5.75 Å². The standard InChI is InChI=1S/C19H30N4O3/c1-4-6-18(24)21-16-8-7-15(13-17(16)26-3)20-19(25)14-23-10-5-9-22(2)11-12-23/h7-8,13H,4-6,9-12,14H2,1-3H3,(H,20,25)(H,21,24). The van der Waals surface area contributed by atoms with Crippen LogP contribution in [0.3, 0.4) is 0 Å². The van der Waals surface area contributed by atoms with E-state index in [1.807, 2.05) is 6.92 Å². The third-order valence-corrected chi connectivity index (χ3v) is 4.42. The van der Waals surface area contributed by atoms with E-state index in [1.165, 1.54) is 0 Å². The first-order chi connectivity index (χ1) is 12.5. The summed E-state index contributed by atoms with van der Waals surface area (Å²) in [6.45, 7) is 6.22. The zero-order valence-electron chi connectivity index (χ0n) is 16.0. The highest BCUT2D eigenvalue weighted by Crippen LogP contribution is 2.28. The molecule has 0 spiro atoms. The van der Waals surface area contributed by atoms with E-state index in [0.717, 1.165) is 39.0 Å². The molecule has 0 aromatic heterocycles. The third kappa shape index (κ3) is 6.31. The van der Waals surface area contributed by atoms with Crippen molar-refractivity contribution < 1.29 is 14.3 Å². The minimum Gasteiger partial charge on any atom is -0.494 e. The summed E-state index contributed by atoms with van der Waals surface area (Å²) in [6, 6.07) is 5.26. The molecule has 7 heteroatoms. The molecule has 2 N–H and O–H groups in total. The summed E-state index contributed by atoms with van der Waals surface area (Å²) in [6.07, 6.45) is 2.32. The molecule has 1 aliphatic heterocycles. The lowest BCUT2D eigenvalue weighted by Gasteiger charge is -2.19. The zero-order chi connectivity index (χ0) is 18.9. The van der Waals surface area contributed by atoms with Crippen LogP contribution in [0.1, 0.15) is 26.2 Å². The highest BCUT2D eigenvalue weighted by molar-refractivity contribution is 5.95. The summed E-state index contributed by atoms with van der Waals surface area (Å²) in [7, 11) is 3.65. The maximum Gasteiger partial charge on any atom is 0.238 e. The van der Waals surface area contributed by atoms with E-state index < -0.39 is 0 Å². The van der Waals surface area contributed by atoms with Crippen molar-refractivity contribution in [3.05, 3.63) is 18.2 Å². The van der Waals surface area contributed by atoms with Crippen molar-refractivity contribution in [3.63, 3.8) is 0 Å². The summed E-state index contributed by atoms with van der Waals surface area (Å²) >= 11 is 0. The van der Waals surface area contributed by atoms with Gasteiger partial charge in [0.2, 0.25) is 11.8 Å². The lowest BCUT2D eigenvalue weighted by molar-refractivity contribution is -0.117. The van der Waals surface area contributed by atoms with Crippen LogP contribution < -0.4 is 15.4 Å². The smallest absolute Gasteiger partial charge is 0.238 e. The molecule has 1 aromatic carbocycles. The molecular weight excluding hydrogens is 332 g/mol. The number of ether oxygens (including phenoxy) is 1. The summed E-state index contributed by atoms with van der Waals surface area (Å²) in [5, 5.41) is 5.74. The van der Waals surface area contributed by atoms with Gasteiger partial charge in [0.05, 0.1) is 19.3 Å². The predicted molar refractivity (Wildman–Crippen MR) is 104 cm³/mol. The van der Waals surface area contributed by atoms with Gasteiger partial charge in [0.25, 0.3) is 0 Å². The monoisotopic (exact) mass is 362 g/mol. The second kappa shape index (κ2) is 10.1. The number of nitrogens with one attached hydrogen (secondary N) is 2. The zero-order valence-corrected chi connectivity index (χ0v) is 16.0. The minimum absolute atomic E-state index is 0.0422. The van der Waals surface area contributed by atoms with Crippen molar-refractivity contribution in [2.24, 2.45) is 0 Å². The number of likely N-dealkylation sites (N-methyl/N-ethyl adjacent to an activating group) is 1. The Kier molecular flexibility index (Phi) is 7.87. The van der Waals surface area contributed by atoms with Gasteiger partial charge in [-0.2, -0.15) is 0 Å². The van der Waals surface area contributed by atoms with Crippen LogP contribution in [0.5, 0.6) is 5.75 Å². The summed E-state index contributed by atoms with van der Waals surface area (Å²) in [5.41, 5.74) is 1.27. The Bertz CT molecular complexity index is 621. The van der Waals surface area contributed by atoms with Crippen molar-refractivity contribution in [2.45, 2.75) is 26.2 Å². The Labute approximate surface area is 155 Å². The number of carbonyl (C=O) groups is 2. The molecule has 2 rings (SSSR count). The lowest BCUT2D eigenvalue weighted by Crippen LogP contribution is -2.35. The molecule has 1 saturated heterocycles. The van der Waals surface area contributed by atoms with Crippen LogP contribution >= 0.6 is 0 Å². The van der Waals surface area contributed by atoms with Gasteiger partial charge in [-0.25, -0.2) is 0 Å². The SMILES string of the molecule is CCCC(=O)Nc1ccc(NC(=O)CN2CCCN(C)CC2)cc1OC. The van der Waals surface area contributed by atoms with E-state index in [2.05, 4.69) is 27.5 Å². The van der Waals surface area contributed by atoms with Crippen molar-refractivity contribution in [1.82, 2.24) is 9.80 Å². The molecule has 0 saturated carbocycles. The number of nitrogens with zero attached hydrogens (tertiary/aromatic N) is 2. The number of hydrogen-bond donors (Lipinski definition) is 2. The largest absolute Gasteiger partial charge is 0.494 e. The number of anilines is 2. The summed E-state index contributed by atoms with van der Waals surface area (Å²) in [4.78, 5) is 28.6. The highest BCUT2D eigenvalue weighted by atomic mass is 16.5. The molecule has 2 amide bonds. The highest BCUT2D eigenvalue weighted by Gasteiger charge is 2.16. The number of hydrogen-bond acceptors (Lipinski definition) is 5. The number of carbonyl (C=O) groups excluding carboxylic acids is 2. The van der Waals surface area contributed by atoms with E-state index >= 15 is 0 Å². The molecule has 0 radical (unpaired) electrons. The third-order valence-electron chi connectivity index (χ3n) is 4.42. The fourth-order valence-electron chi connectivity index (χ4n) is 2.97. The Morgan fingerprint density at radius 2 is 1.92 bits per heavy atom. The van der Waals surface area contributed by atoms with Crippen LogP contribution in [0, 0.1) is 0 Å². The van der Waals surface area contributed by atoms with Gasteiger partial charge in [-0.3, -0.25) is 14.5 Å². The number of benzene rings is 1. The molecule has 1 aliphatic rings. The molecule has 1 aromatic rings. The van der Waals surface area contributed by atoms with Crippen molar-refractivity contribution >= 4 is 23.2 Å². The van der Waals surface area contributed by atoms with E-state index in [4.69, 9.17) is 4.74 Å². The lowest BCUT2D eigenvalue weighted by atomic mass is 10.2. The van der Waals surface area contributed by atoms with Gasteiger partial charge in [0, 0.05) is 31.3 Å². The van der Waals surface area contributed by atoms with Crippen LogP contribution in [0.2, 0.25) is 0 Å². The average Bonchev–Trinajstić information content (AvgIpc) is 2.80. The second-order valence-corrected chi connectivity index (χ2v) is 6.69. The molecule has 26 heavy (non-hydrogen) atoms. The first-order valence-electron chi connectivity index (χ1n) is 9.20. The topological polar surface area (TPSA) is 73.9 Å². The van der Waals surface area contributed by atoms with Gasteiger partial charge in [-0.15, -0.1) is 0 Å². The Balaban J connectivity index is 1.93. The van der Waals surface area contributed by atoms with Crippen molar-refractivity contribution in [2.75, 3.05) is 57.5 Å². The van der Waals surface area contributed by atoms with Crippen LogP contribution in [0.4, 0.5) is 11.4 Å². The Hall–Kier alpha value is -2.12. The predicted octanol–water partition coefficient (Wildman–Crippen LogP) is 2.01. The molecular formula is C19H30N4O3. The van der Waals surface area contributed by atoms with E-state index in [1.54, 1.807) is 25.3 Å². The first-order valence-corrected chi connectivity index (χ1v) is 9.20. The molecule has 0 aliphatic carbocycles. The van der Waals surface area contributed by atoms with E-state index in [9.17, 15) is 9.59 Å². The van der Waals surface area contributed by atoms with Crippen LogP contribution in [0.25, 0.3) is 0 Å². The fraction of sp³-hybridized carbons (Fsp3) is 0.579. The molecule has 0 atom stereocenters. The van der Waals surface area contributed by atoms with Crippen LogP contribution in [-0.2, 0) is 9.59 Å². The normalized spacial score (nSPS) is 16.0. The molecule has 0 unspecified atom stereocenters. The molecule has 0 bridgehead atoms. The van der Waals surface area contributed by atoms with Gasteiger partial charge in [-0.1, -0.05) is 6.92 Å². The van der Waals surface area contributed by atoms with Crippen LogP contribution in [0.15, 0.2) is 18.2 Å². The average molecular weight is 362 g/mol. The summed E-state index contributed by atoms with van der Waals surface area (Å²) in [5.74, 6) is 0.441. The van der Waals surface area contributed by atoms with Gasteiger partial charge in [0.15, 0.2) is 0 Å². The van der Waals surface area contributed by atoms with Crippen LogP contribution in [-0.4, -0.2) is 68.5 Å².